The molecule has 0 fully saturated rings. The quantitative estimate of drug-likeness (QED) is 0.638. The molecule has 2 rings (SSSR count). The molecule has 1 N–H and O–H groups in total. The predicted molar refractivity (Wildman–Crippen MR) is 61.4 cm³/mol. The summed E-state index contributed by atoms with van der Waals surface area (Å²) in [7, 11) is 0. The van der Waals surface area contributed by atoms with Gasteiger partial charge in [0.05, 0.1) is 17.7 Å². The third-order valence-electron chi connectivity index (χ3n) is 2.10. The molecular weight excluding hydrogens is 246 g/mol. The maximum atomic E-state index is 11.4. The molecule has 0 saturated heterocycles. The minimum absolute atomic E-state index is 0.203. The van der Waals surface area contributed by atoms with Gasteiger partial charge in [-0.15, -0.1) is 11.3 Å². The van der Waals surface area contributed by atoms with Gasteiger partial charge in [0.2, 0.25) is 0 Å². The van der Waals surface area contributed by atoms with E-state index in [1.54, 1.807) is 6.07 Å². The number of aromatic amines is 1. The standard InChI is InChI=1S/C9H7N3O4S/c13-8-7(12(15)16)5-11(9(14)10-8)4-6-2-1-3-17-6/h1-3,5H,4H2,(H,10,13,14). The smallest absolute Gasteiger partial charge is 0.288 e. The lowest BCUT2D eigenvalue weighted by molar-refractivity contribution is -0.386. The number of nitrogens with zero attached hydrogens (tertiary/aromatic N) is 2. The Morgan fingerprint density at radius 2 is 2.24 bits per heavy atom. The van der Waals surface area contributed by atoms with Crippen molar-refractivity contribution in [2.75, 3.05) is 0 Å². The number of aromatic nitrogens is 2. The van der Waals surface area contributed by atoms with Crippen LogP contribution in [0.1, 0.15) is 4.88 Å². The average molecular weight is 253 g/mol. The molecule has 0 aromatic carbocycles. The van der Waals surface area contributed by atoms with E-state index in [-0.39, 0.29) is 6.54 Å². The lowest BCUT2D eigenvalue weighted by Gasteiger charge is -2.01. The number of H-pyrrole nitrogens is 1. The zero-order valence-corrected chi connectivity index (χ0v) is 9.27. The van der Waals surface area contributed by atoms with Gasteiger partial charge < -0.3 is 0 Å². The van der Waals surface area contributed by atoms with Gasteiger partial charge >= 0.3 is 16.9 Å². The predicted octanol–water partition coefficient (Wildman–Crippen LogP) is 0.555. The monoisotopic (exact) mass is 253 g/mol. The molecule has 8 heteroatoms. The van der Waals surface area contributed by atoms with E-state index in [0.717, 1.165) is 15.6 Å². The zero-order valence-electron chi connectivity index (χ0n) is 8.45. The Bertz CT molecular complexity index is 656. The summed E-state index contributed by atoms with van der Waals surface area (Å²) in [5.74, 6) is 0. The van der Waals surface area contributed by atoms with E-state index in [1.807, 2.05) is 16.4 Å². The van der Waals surface area contributed by atoms with Crippen LogP contribution in [0.25, 0.3) is 0 Å². The first-order valence-electron chi connectivity index (χ1n) is 4.58. The first-order chi connectivity index (χ1) is 8.08. The minimum atomic E-state index is -0.984. The summed E-state index contributed by atoms with van der Waals surface area (Å²) in [6.07, 6.45) is 0.959. The van der Waals surface area contributed by atoms with E-state index in [2.05, 4.69) is 0 Å². The molecule has 0 radical (unpaired) electrons. The van der Waals surface area contributed by atoms with Gasteiger partial charge in [-0.2, -0.15) is 0 Å². The second-order valence-electron chi connectivity index (χ2n) is 3.24. The van der Waals surface area contributed by atoms with Gasteiger partial charge in [-0.1, -0.05) is 6.07 Å². The van der Waals surface area contributed by atoms with Crippen molar-refractivity contribution in [3.8, 4) is 0 Å². The fourth-order valence-corrected chi connectivity index (χ4v) is 2.02. The van der Waals surface area contributed by atoms with Crippen LogP contribution in [0, 0.1) is 10.1 Å². The minimum Gasteiger partial charge on any atom is -0.288 e. The highest BCUT2D eigenvalue weighted by Crippen LogP contribution is 2.10. The second-order valence-corrected chi connectivity index (χ2v) is 4.27. The molecule has 0 atom stereocenters. The van der Waals surface area contributed by atoms with Crippen LogP contribution in [0.15, 0.2) is 33.3 Å². The zero-order chi connectivity index (χ0) is 12.4. The van der Waals surface area contributed by atoms with Crippen LogP contribution in [0.3, 0.4) is 0 Å². The van der Waals surface area contributed by atoms with Crippen molar-refractivity contribution in [3.63, 3.8) is 0 Å². The van der Waals surface area contributed by atoms with E-state index in [1.165, 1.54) is 11.3 Å². The molecule has 7 nitrogen and oxygen atoms in total. The van der Waals surface area contributed by atoms with Crippen LogP contribution in [-0.2, 0) is 6.54 Å². The number of nitrogens with one attached hydrogen (secondary N) is 1. The van der Waals surface area contributed by atoms with Crippen LogP contribution in [0.2, 0.25) is 0 Å². The highest BCUT2D eigenvalue weighted by molar-refractivity contribution is 7.09. The molecule has 2 heterocycles. The Kier molecular flexibility index (Phi) is 2.88. The number of nitro groups is 1. The maximum absolute atomic E-state index is 11.4. The van der Waals surface area contributed by atoms with Crippen molar-refractivity contribution < 1.29 is 4.92 Å². The average Bonchev–Trinajstić information content (AvgIpc) is 2.74. The maximum Gasteiger partial charge on any atom is 0.350 e. The molecule has 0 aliphatic carbocycles. The van der Waals surface area contributed by atoms with Crippen molar-refractivity contribution in [1.82, 2.24) is 9.55 Å². The molecule has 0 aliphatic rings. The molecule has 2 aromatic rings. The van der Waals surface area contributed by atoms with E-state index < -0.39 is 21.9 Å². The van der Waals surface area contributed by atoms with E-state index in [4.69, 9.17) is 0 Å². The summed E-state index contributed by atoms with van der Waals surface area (Å²) in [5.41, 5.74) is -2.28. The topological polar surface area (TPSA) is 98.0 Å². The molecule has 0 spiro atoms. The third-order valence-corrected chi connectivity index (χ3v) is 2.96. The Hall–Kier alpha value is -2.22. The van der Waals surface area contributed by atoms with Crippen LogP contribution in [0.5, 0.6) is 0 Å². The van der Waals surface area contributed by atoms with Gasteiger partial charge in [-0.25, -0.2) is 4.79 Å². The van der Waals surface area contributed by atoms with Gasteiger partial charge in [0.15, 0.2) is 0 Å². The summed E-state index contributed by atoms with van der Waals surface area (Å²) in [4.78, 5) is 35.1. The van der Waals surface area contributed by atoms with E-state index in [0.29, 0.717) is 0 Å². The molecule has 0 aliphatic heterocycles. The Labute approximate surface area is 98.1 Å². The van der Waals surface area contributed by atoms with Crippen molar-refractivity contribution in [1.29, 1.82) is 0 Å². The molecule has 0 amide bonds. The molecular formula is C9H7N3O4S. The molecule has 88 valence electrons. The van der Waals surface area contributed by atoms with Crippen LogP contribution < -0.4 is 11.2 Å². The van der Waals surface area contributed by atoms with Gasteiger partial charge in [0.25, 0.3) is 0 Å². The third kappa shape index (κ3) is 2.31. The largest absolute Gasteiger partial charge is 0.350 e. The molecule has 0 unspecified atom stereocenters. The number of rotatable bonds is 3. The summed E-state index contributed by atoms with van der Waals surface area (Å²) in [6.45, 7) is 0.203. The van der Waals surface area contributed by atoms with Crippen LogP contribution in [-0.4, -0.2) is 14.5 Å². The van der Waals surface area contributed by atoms with E-state index >= 15 is 0 Å². The van der Waals surface area contributed by atoms with Crippen molar-refractivity contribution in [3.05, 3.63) is 59.5 Å². The van der Waals surface area contributed by atoms with Crippen LogP contribution >= 0.6 is 11.3 Å². The van der Waals surface area contributed by atoms with Crippen LogP contribution in [0.4, 0.5) is 5.69 Å². The van der Waals surface area contributed by atoms with Gasteiger partial charge in [-0.3, -0.25) is 24.5 Å². The first-order valence-corrected chi connectivity index (χ1v) is 5.46. The van der Waals surface area contributed by atoms with Crippen molar-refractivity contribution in [2.45, 2.75) is 6.54 Å². The highest BCUT2D eigenvalue weighted by Gasteiger charge is 2.14. The lowest BCUT2D eigenvalue weighted by Crippen LogP contribution is -2.30. The summed E-state index contributed by atoms with van der Waals surface area (Å²) >= 11 is 1.42. The molecule has 0 saturated carbocycles. The molecule has 17 heavy (non-hydrogen) atoms. The summed E-state index contributed by atoms with van der Waals surface area (Å²) in [6, 6.07) is 3.61. The van der Waals surface area contributed by atoms with Gasteiger partial charge in [-0.05, 0) is 11.4 Å². The second kappa shape index (κ2) is 4.34. The lowest BCUT2D eigenvalue weighted by atomic mass is 10.4. The molecule has 0 bridgehead atoms. The number of thiophene rings is 1. The fourth-order valence-electron chi connectivity index (χ4n) is 1.32. The first kappa shape index (κ1) is 11.3. The Morgan fingerprint density at radius 1 is 1.47 bits per heavy atom. The summed E-state index contributed by atoms with van der Waals surface area (Å²) < 4.78 is 1.10. The fraction of sp³-hybridized carbons (Fsp3) is 0.111. The van der Waals surface area contributed by atoms with Gasteiger partial charge in [0.1, 0.15) is 0 Å². The van der Waals surface area contributed by atoms with Gasteiger partial charge in [0, 0.05) is 4.88 Å². The Morgan fingerprint density at radius 3 is 2.82 bits per heavy atom. The number of hydrogen-bond acceptors (Lipinski definition) is 5. The van der Waals surface area contributed by atoms with E-state index in [9.17, 15) is 19.7 Å². The molecule has 2 aromatic heterocycles. The SMILES string of the molecule is O=c1[nH]c(=O)n(Cc2cccs2)cc1[N+](=O)[O-]. The number of hydrogen-bond donors (Lipinski definition) is 1. The summed E-state index contributed by atoms with van der Waals surface area (Å²) in [5, 5.41) is 12.4. The Balaban J connectivity index is 2.47. The van der Waals surface area contributed by atoms with Crippen molar-refractivity contribution >= 4 is 17.0 Å². The normalized spacial score (nSPS) is 10.4. The highest BCUT2D eigenvalue weighted by atomic mass is 32.1. The van der Waals surface area contributed by atoms with Crippen molar-refractivity contribution in [2.24, 2.45) is 0 Å².